The van der Waals surface area contributed by atoms with E-state index in [1.165, 1.54) is 62.3 Å². The largest absolute Gasteiger partial charge is 0.402 e. The van der Waals surface area contributed by atoms with E-state index < -0.39 is 10.9 Å². The SMILES string of the molecule is CCCCCCCCc1ccc(-c2ccc(C3=N/C(=C\c4cccc([N+](=O)[O-])c4)C(=O)O3)cc2)cc1. The molecule has 0 N–H and O–H groups in total. The summed E-state index contributed by atoms with van der Waals surface area (Å²) in [4.78, 5) is 27.1. The minimum Gasteiger partial charge on any atom is -0.402 e. The van der Waals surface area contributed by atoms with Crippen LogP contribution in [0.25, 0.3) is 17.2 Å². The fourth-order valence-corrected chi connectivity index (χ4v) is 4.20. The van der Waals surface area contributed by atoms with Gasteiger partial charge in [-0.25, -0.2) is 9.79 Å². The van der Waals surface area contributed by atoms with Crippen molar-refractivity contribution in [3.63, 3.8) is 0 Å². The van der Waals surface area contributed by atoms with Gasteiger partial charge in [-0.2, -0.15) is 0 Å². The van der Waals surface area contributed by atoms with E-state index in [1.54, 1.807) is 12.1 Å². The minimum absolute atomic E-state index is 0.0500. The van der Waals surface area contributed by atoms with Gasteiger partial charge >= 0.3 is 5.97 Å². The van der Waals surface area contributed by atoms with Crippen LogP contribution in [0.3, 0.4) is 0 Å². The molecule has 3 aromatic carbocycles. The molecule has 3 aromatic rings. The Kier molecular flexibility index (Phi) is 8.40. The average molecular weight is 483 g/mol. The van der Waals surface area contributed by atoms with E-state index in [0.29, 0.717) is 11.1 Å². The molecule has 36 heavy (non-hydrogen) atoms. The number of rotatable bonds is 11. The zero-order valence-corrected chi connectivity index (χ0v) is 20.5. The molecule has 0 aliphatic carbocycles. The number of nitro groups is 1. The summed E-state index contributed by atoms with van der Waals surface area (Å²) < 4.78 is 5.35. The van der Waals surface area contributed by atoms with Crippen molar-refractivity contribution >= 4 is 23.6 Å². The first-order valence-electron chi connectivity index (χ1n) is 12.5. The summed E-state index contributed by atoms with van der Waals surface area (Å²) >= 11 is 0. The summed E-state index contributed by atoms with van der Waals surface area (Å²) in [7, 11) is 0. The van der Waals surface area contributed by atoms with Crippen molar-refractivity contribution in [2.45, 2.75) is 51.9 Å². The van der Waals surface area contributed by atoms with E-state index in [9.17, 15) is 14.9 Å². The van der Waals surface area contributed by atoms with Crippen LogP contribution in [0.4, 0.5) is 5.69 Å². The number of benzene rings is 3. The molecule has 0 spiro atoms. The van der Waals surface area contributed by atoms with Crippen LogP contribution in [0.5, 0.6) is 0 Å². The molecule has 0 radical (unpaired) electrons. The Morgan fingerprint density at radius 3 is 2.19 bits per heavy atom. The van der Waals surface area contributed by atoms with E-state index in [-0.39, 0.29) is 17.3 Å². The van der Waals surface area contributed by atoms with Crippen molar-refractivity contribution in [3.8, 4) is 11.1 Å². The first-order valence-corrected chi connectivity index (χ1v) is 12.5. The van der Waals surface area contributed by atoms with Crippen LogP contribution in [-0.4, -0.2) is 16.8 Å². The van der Waals surface area contributed by atoms with Gasteiger partial charge in [-0.05, 0) is 53.3 Å². The minimum atomic E-state index is -0.582. The maximum atomic E-state index is 12.3. The maximum absolute atomic E-state index is 12.3. The highest BCUT2D eigenvalue weighted by molar-refractivity contribution is 6.13. The number of hydrogen-bond donors (Lipinski definition) is 0. The third kappa shape index (κ3) is 6.54. The standard InChI is InChI=1S/C30H30N2O4/c1-2-3-4-5-6-7-9-22-12-14-24(15-13-22)25-16-18-26(19-17-25)29-31-28(30(33)36-29)21-23-10-8-11-27(20-23)32(34)35/h8,10-21H,2-7,9H2,1H3/b28-21-. The molecule has 4 rings (SSSR count). The van der Waals surface area contributed by atoms with Gasteiger partial charge in [-0.15, -0.1) is 0 Å². The molecular weight excluding hydrogens is 452 g/mol. The number of unbranched alkanes of at least 4 members (excludes halogenated alkanes) is 5. The van der Waals surface area contributed by atoms with E-state index >= 15 is 0 Å². The molecular formula is C30H30N2O4. The third-order valence-electron chi connectivity index (χ3n) is 6.24. The summed E-state index contributed by atoms with van der Waals surface area (Å²) in [6.45, 7) is 2.24. The molecule has 1 aliphatic heterocycles. The summed E-state index contributed by atoms with van der Waals surface area (Å²) in [5.74, 6) is -0.362. The van der Waals surface area contributed by atoms with Crippen molar-refractivity contribution in [1.82, 2.24) is 0 Å². The highest BCUT2D eigenvalue weighted by Gasteiger charge is 2.24. The van der Waals surface area contributed by atoms with Gasteiger partial charge in [0.15, 0.2) is 5.70 Å². The number of nitrogens with zero attached hydrogens (tertiary/aromatic N) is 2. The number of non-ortho nitro benzene ring substituents is 1. The van der Waals surface area contributed by atoms with Crippen molar-refractivity contribution in [2.24, 2.45) is 4.99 Å². The second kappa shape index (κ2) is 12.1. The van der Waals surface area contributed by atoms with Gasteiger partial charge in [0, 0.05) is 17.7 Å². The summed E-state index contributed by atoms with van der Waals surface area (Å²) in [6, 6.07) is 22.4. The lowest BCUT2D eigenvalue weighted by atomic mass is 10.00. The van der Waals surface area contributed by atoms with Crippen molar-refractivity contribution < 1.29 is 14.5 Å². The number of nitro benzene ring substituents is 1. The molecule has 0 atom stereocenters. The van der Waals surface area contributed by atoms with E-state index in [0.717, 1.165) is 17.5 Å². The number of aliphatic imine (C=N–C) groups is 1. The summed E-state index contributed by atoms with van der Waals surface area (Å²) in [5, 5.41) is 11.0. The molecule has 0 unspecified atom stereocenters. The normalized spacial score (nSPS) is 14.1. The molecule has 0 saturated heterocycles. The van der Waals surface area contributed by atoms with Gasteiger partial charge in [0.25, 0.3) is 5.69 Å². The monoisotopic (exact) mass is 482 g/mol. The molecule has 1 aliphatic rings. The third-order valence-corrected chi connectivity index (χ3v) is 6.24. The van der Waals surface area contributed by atoms with Gasteiger partial charge in [-0.3, -0.25) is 10.1 Å². The topological polar surface area (TPSA) is 81.8 Å². The lowest BCUT2D eigenvalue weighted by molar-refractivity contribution is -0.384. The molecule has 0 bridgehead atoms. The van der Waals surface area contributed by atoms with Crippen LogP contribution in [0, 0.1) is 10.1 Å². The Morgan fingerprint density at radius 2 is 1.50 bits per heavy atom. The Hall–Kier alpha value is -4.06. The van der Waals surface area contributed by atoms with Gasteiger partial charge in [0.2, 0.25) is 5.90 Å². The Bertz CT molecular complexity index is 1280. The predicted molar refractivity (Wildman–Crippen MR) is 143 cm³/mol. The average Bonchev–Trinajstić information content (AvgIpc) is 3.26. The number of esters is 1. The van der Waals surface area contributed by atoms with E-state index in [4.69, 9.17) is 4.74 Å². The van der Waals surface area contributed by atoms with Gasteiger partial charge < -0.3 is 4.74 Å². The fourth-order valence-electron chi connectivity index (χ4n) is 4.20. The molecule has 0 fully saturated rings. The summed E-state index contributed by atoms with van der Waals surface area (Å²) in [5.41, 5.74) is 4.82. The number of aryl methyl sites for hydroxylation is 1. The molecule has 184 valence electrons. The predicted octanol–water partition coefficient (Wildman–Crippen LogP) is 7.51. The lowest BCUT2D eigenvalue weighted by Gasteiger charge is -2.06. The quantitative estimate of drug-likeness (QED) is 0.0931. The van der Waals surface area contributed by atoms with E-state index in [1.807, 2.05) is 24.3 Å². The number of cyclic esters (lactones) is 1. The zero-order chi connectivity index (χ0) is 25.3. The highest BCUT2D eigenvalue weighted by Crippen LogP contribution is 2.25. The van der Waals surface area contributed by atoms with Crippen LogP contribution in [0.2, 0.25) is 0 Å². The van der Waals surface area contributed by atoms with Gasteiger partial charge in [-0.1, -0.05) is 87.6 Å². The van der Waals surface area contributed by atoms with Crippen LogP contribution in [0.15, 0.2) is 83.5 Å². The van der Waals surface area contributed by atoms with Crippen molar-refractivity contribution in [2.75, 3.05) is 0 Å². The Labute approximate surface area is 211 Å². The van der Waals surface area contributed by atoms with Crippen LogP contribution < -0.4 is 0 Å². The van der Waals surface area contributed by atoms with Gasteiger partial charge in [0.05, 0.1) is 4.92 Å². The number of carbonyl (C=O) groups is 1. The van der Waals surface area contributed by atoms with Crippen molar-refractivity contribution in [3.05, 3.63) is 105 Å². The zero-order valence-electron chi connectivity index (χ0n) is 20.5. The van der Waals surface area contributed by atoms with Gasteiger partial charge in [0.1, 0.15) is 0 Å². The second-order valence-electron chi connectivity index (χ2n) is 8.98. The maximum Gasteiger partial charge on any atom is 0.363 e. The van der Waals surface area contributed by atoms with Crippen LogP contribution in [0.1, 0.15) is 62.1 Å². The van der Waals surface area contributed by atoms with Crippen molar-refractivity contribution in [1.29, 1.82) is 0 Å². The molecule has 0 saturated carbocycles. The first kappa shape index (κ1) is 25.0. The number of ether oxygens (including phenoxy) is 1. The molecule has 0 amide bonds. The fraction of sp³-hybridized carbons (Fsp3) is 0.267. The van der Waals surface area contributed by atoms with Crippen LogP contribution >= 0.6 is 0 Å². The van der Waals surface area contributed by atoms with E-state index in [2.05, 4.69) is 36.2 Å². The molecule has 1 heterocycles. The smallest absolute Gasteiger partial charge is 0.363 e. The number of hydrogen-bond acceptors (Lipinski definition) is 5. The second-order valence-corrected chi connectivity index (χ2v) is 8.98. The molecule has 0 aromatic heterocycles. The first-order chi connectivity index (χ1) is 17.5. The molecule has 6 heteroatoms. The number of carbonyl (C=O) groups excluding carboxylic acids is 1. The molecule has 6 nitrogen and oxygen atoms in total. The van der Waals surface area contributed by atoms with Crippen LogP contribution in [-0.2, 0) is 16.0 Å². The Balaban J connectivity index is 1.39. The lowest BCUT2D eigenvalue weighted by Crippen LogP contribution is -2.05. The summed E-state index contributed by atoms with van der Waals surface area (Å²) in [6.07, 6.45) is 10.4. The Morgan fingerprint density at radius 1 is 0.861 bits per heavy atom. The highest BCUT2D eigenvalue weighted by atomic mass is 16.6.